The van der Waals surface area contributed by atoms with Crippen LogP contribution < -0.4 is 0 Å². The fourth-order valence-electron chi connectivity index (χ4n) is 5.51. The number of epoxide rings is 3. The summed E-state index contributed by atoms with van der Waals surface area (Å²) in [5.74, 6) is -2.96. The smallest absolute Gasteiger partial charge is 0.338 e. The number of benzene rings is 3. The first-order valence-corrected chi connectivity index (χ1v) is 16.8. The standard InChI is InChI=1S/C39H38O12/c1-39(22-50-37(44)31-12-6-3-9-28(31)34(41)17-25-20-48-25,23-51-38(45)32-13-7-4-10-29(32)35(42)18-26-21-49-26)14-15-46-36(43)30-11-5-2-8-27(30)33(40)16-24-19-47-24/h2-13,24-26H,14-23H2,1H3. The van der Waals surface area contributed by atoms with Crippen molar-refractivity contribution in [3.8, 4) is 0 Å². The van der Waals surface area contributed by atoms with Crippen LogP contribution in [0.2, 0.25) is 0 Å². The van der Waals surface area contributed by atoms with Gasteiger partial charge in [0.05, 0.1) is 61.4 Å². The molecule has 3 aliphatic heterocycles. The Balaban J connectivity index is 1.14. The first kappa shape index (κ1) is 35.8. The van der Waals surface area contributed by atoms with Crippen molar-refractivity contribution in [2.24, 2.45) is 5.41 Å². The van der Waals surface area contributed by atoms with Crippen LogP contribution in [0.4, 0.5) is 0 Å². The molecule has 3 heterocycles. The fourth-order valence-corrected chi connectivity index (χ4v) is 5.51. The van der Waals surface area contributed by atoms with Crippen LogP contribution in [-0.2, 0) is 28.4 Å². The highest BCUT2D eigenvalue weighted by atomic mass is 16.6. The van der Waals surface area contributed by atoms with E-state index in [0.717, 1.165) is 0 Å². The fraction of sp³-hybridized carbons (Fsp3) is 0.385. The summed E-state index contributed by atoms with van der Waals surface area (Å²) < 4.78 is 32.5. The number of carbonyl (C=O) groups is 6. The molecule has 51 heavy (non-hydrogen) atoms. The van der Waals surface area contributed by atoms with Crippen LogP contribution in [0, 0.1) is 5.41 Å². The largest absolute Gasteiger partial charge is 0.462 e. The summed E-state index contributed by atoms with van der Waals surface area (Å²) in [4.78, 5) is 78.4. The Labute approximate surface area is 294 Å². The number of ether oxygens (including phenoxy) is 6. The lowest BCUT2D eigenvalue weighted by Gasteiger charge is -2.28. The molecule has 3 atom stereocenters. The summed E-state index contributed by atoms with van der Waals surface area (Å²) >= 11 is 0. The third-order valence-electron chi connectivity index (χ3n) is 8.83. The van der Waals surface area contributed by atoms with E-state index in [0.29, 0.717) is 19.8 Å². The van der Waals surface area contributed by atoms with E-state index in [1.54, 1.807) is 61.5 Å². The van der Waals surface area contributed by atoms with Gasteiger partial charge in [-0.05, 0) is 24.6 Å². The van der Waals surface area contributed by atoms with Crippen LogP contribution in [0.5, 0.6) is 0 Å². The summed E-state index contributed by atoms with van der Waals surface area (Å²) in [6, 6.07) is 19.0. The second kappa shape index (κ2) is 15.9. The van der Waals surface area contributed by atoms with Crippen LogP contribution >= 0.6 is 0 Å². The van der Waals surface area contributed by atoms with E-state index in [1.165, 1.54) is 18.2 Å². The zero-order valence-corrected chi connectivity index (χ0v) is 28.1. The molecule has 12 nitrogen and oxygen atoms in total. The Morgan fingerprint density at radius 1 is 0.529 bits per heavy atom. The Morgan fingerprint density at radius 3 is 1.14 bits per heavy atom. The first-order valence-electron chi connectivity index (χ1n) is 16.8. The van der Waals surface area contributed by atoms with Crippen molar-refractivity contribution in [1.82, 2.24) is 0 Å². The van der Waals surface area contributed by atoms with Crippen molar-refractivity contribution in [1.29, 1.82) is 0 Å². The summed E-state index contributed by atoms with van der Waals surface area (Å²) in [6.07, 6.45) is 0.0376. The van der Waals surface area contributed by atoms with Gasteiger partial charge < -0.3 is 28.4 Å². The molecule has 0 spiro atoms. The monoisotopic (exact) mass is 698 g/mol. The molecular formula is C39H38O12. The molecule has 3 fully saturated rings. The van der Waals surface area contributed by atoms with Crippen molar-refractivity contribution in [2.45, 2.75) is 50.9 Å². The molecule has 3 aromatic carbocycles. The molecule has 0 N–H and O–H groups in total. The molecule has 3 aromatic rings. The lowest BCUT2D eigenvalue weighted by molar-refractivity contribution is -0.0114. The van der Waals surface area contributed by atoms with E-state index >= 15 is 0 Å². The molecule has 0 radical (unpaired) electrons. The summed E-state index contributed by atoms with van der Waals surface area (Å²) in [5.41, 5.74) is -0.173. The van der Waals surface area contributed by atoms with E-state index in [-0.39, 0.29) is 115 Å². The lowest BCUT2D eigenvalue weighted by atomic mass is 9.89. The number of rotatable bonds is 19. The SMILES string of the molecule is CC(CCOC(=O)c1ccccc1C(=O)CC1CO1)(COC(=O)c1ccccc1C(=O)CC1CO1)COC(=O)c1ccccc1C(=O)CC1CO1. The van der Waals surface area contributed by atoms with Crippen LogP contribution in [0.1, 0.15) is 94.8 Å². The van der Waals surface area contributed by atoms with Gasteiger partial charge in [0.15, 0.2) is 17.3 Å². The number of esters is 3. The van der Waals surface area contributed by atoms with E-state index in [4.69, 9.17) is 28.4 Å². The topological polar surface area (TPSA) is 168 Å². The summed E-state index contributed by atoms with van der Waals surface area (Å²) in [5, 5.41) is 0. The predicted octanol–water partition coefficient (Wildman–Crippen LogP) is 4.87. The molecule has 266 valence electrons. The van der Waals surface area contributed by atoms with Crippen LogP contribution in [0.3, 0.4) is 0 Å². The molecule has 12 heteroatoms. The molecular weight excluding hydrogens is 660 g/mol. The maximum absolute atomic E-state index is 13.4. The molecule has 0 amide bonds. The lowest BCUT2D eigenvalue weighted by Crippen LogP contribution is -2.34. The van der Waals surface area contributed by atoms with Gasteiger partial charge in [0, 0.05) is 41.4 Å². The molecule has 0 aliphatic carbocycles. The van der Waals surface area contributed by atoms with E-state index in [2.05, 4.69) is 0 Å². The quantitative estimate of drug-likeness (QED) is 0.0722. The van der Waals surface area contributed by atoms with Crippen LogP contribution in [0.25, 0.3) is 0 Å². The molecule has 6 rings (SSSR count). The van der Waals surface area contributed by atoms with Crippen molar-refractivity contribution >= 4 is 35.3 Å². The Bertz CT molecular complexity index is 1730. The number of hydrogen-bond acceptors (Lipinski definition) is 12. The van der Waals surface area contributed by atoms with Crippen LogP contribution in [0.15, 0.2) is 72.8 Å². The number of Topliss-reactive ketones (excluding diaryl/α,β-unsaturated/α-hetero) is 3. The summed E-state index contributed by atoms with van der Waals surface area (Å²) in [6.45, 7) is 2.45. The number of hydrogen-bond donors (Lipinski definition) is 0. The van der Waals surface area contributed by atoms with Gasteiger partial charge in [-0.2, -0.15) is 0 Å². The average Bonchev–Trinajstić information content (AvgIpc) is 3.98. The van der Waals surface area contributed by atoms with Gasteiger partial charge in [-0.3, -0.25) is 14.4 Å². The van der Waals surface area contributed by atoms with E-state index in [9.17, 15) is 28.8 Å². The van der Waals surface area contributed by atoms with E-state index in [1.807, 2.05) is 0 Å². The Kier molecular flexibility index (Phi) is 11.1. The van der Waals surface area contributed by atoms with Gasteiger partial charge >= 0.3 is 17.9 Å². The van der Waals surface area contributed by atoms with Gasteiger partial charge in [-0.1, -0.05) is 61.5 Å². The minimum absolute atomic E-state index is 0.0739. The van der Waals surface area contributed by atoms with Crippen molar-refractivity contribution in [2.75, 3.05) is 39.6 Å². The van der Waals surface area contributed by atoms with Gasteiger partial charge in [0.2, 0.25) is 0 Å². The average molecular weight is 699 g/mol. The van der Waals surface area contributed by atoms with Crippen molar-refractivity contribution in [3.63, 3.8) is 0 Å². The Hall–Kier alpha value is -5.04. The molecule has 0 saturated carbocycles. The van der Waals surface area contributed by atoms with Crippen LogP contribution in [-0.4, -0.2) is 93.2 Å². The third kappa shape index (κ3) is 9.81. The highest BCUT2D eigenvalue weighted by Gasteiger charge is 2.34. The number of ketones is 3. The zero-order valence-electron chi connectivity index (χ0n) is 28.1. The Morgan fingerprint density at radius 2 is 0.824 bits per heavy atom. The third-order valence-corrected chi connectivity index (χ3v) is 8.83. The molecule has 3 unspecified atom stereocenters. The van der Waals surface area contributed by atoms with Gasteiger partial charge in [0.25, 0.3) is 0 Å². The van der Waals surface area contributed by atoms with Gasteiger partial charge in [-0.15, -0.1) is 0 Å². The highest BCUT2D eigenvalue weighted by molar-refractivity contribution is 6.08. The van der Waals surface area contributed by atoms with Crippen molar-refractivity contribution in [3.05, 3.63) is 106 Å². The zero-order chi connectivity index (χ0) is 36.0. The second-order valence-corrected chi connectivity index (χ2v) is 13.2. The van der Waals surface area contributed by atoms with Crippen molar-refractivity contribution < 1.29 is 57.2 Å². The molecule has 3 aliphatic rings. The maximum atomic E-state index is 13.4. The highest BCUT2D eigenvalue weighted by Crippen LogP contribution is 2.27. The summed E-state index contributed by atoms with van der Waals surface area (Å²) in [7, 11) is 0. The van der Waals surface area contributed by atoms with Gasteiger partial charge in [-0.25, -0.2) is 14.4 Å². The predicted molar refractivity (Wildman–Crippen MR) is 179 cm³/mol. The number of carbonyl (C=O) groups excluding carboxylic acids is 6. The second-order valence-electron chi connectivity index (χ2n) is 13.2. The van der Waals surface area contributed by atoms with E-state index < -0.39 is 23.3 Å². The molecule has 0 bridgehead atoms. The normalized spacial score (nSPS) is 19.6. The minimum Gasteiger partial charge on any atom is -0.462 e. The molecule has 3 saturated heterocycles. The molecule has 0 aromatic heterocycles. The first-order chi connectivity index (χ1) is 24.6. The maximum Gasteiger partial charge on any atom is 0.338 e. The minimum atomic E-state index is -1.09. The van der Waals surface area contributed by atoms with Gasteiger partial charge in [0.1, 0.15) is 13.2 Å².